The molecule has 2 aliphatic rings. The highest BCUT2D eigenvalue weighted by atomic mass is 32.2. The first-order valence-corrected chi connectivity index (χ1v) is 15.9. The molecule has 13 heteroatoms. The van der Waals surface area contributed by atoms with Gasteiger partial charge >= 0.3 is 5.51 Å². The van der Waals surface area contributed by atoms with Crippen LogP contribution in [-0.4, -0.2) is 79.5 Å². The van der Waals surface area contributed by atoms with Gasteiger partial charge in [0, 0.05) is 37.9 Å². The molecule has 0 spiro atoms. The van der Waals surface area contributed by atoms with Crippen LogP contribution in [-0.2, 0) is 25.9 Å². The second-order valence-electron chi connectivity index (χ2n) is 10.6. The molecule has 1 aliphatic heterocycles. The molecule has 222 valence electrons. The molecule has 0 radical (unpaired) electrons. The molecular weight excluding hydrogens is 577 g/mol. The van der Waals surface area contributed by atoms with Crippen molar-refractivity contribution >= 4 is 43.0 Å². The molecule has 1 N–H and O–H groups in total. The number of nitrogens with one attached hydrogen (secondary N) is 1. The number of aromatic nitrogens is 1. The summed E-state index contributed by atoms with van der Waals surface area (Å²) >= 11 is 1.72. The maximum atomic E-state index is 12.8. The molecule has 1 aromatic heterocycles. The lowest BCUT2D eigenvalue weighted by Gasteiger charge is -2.35. The number of thiazole rings is 1. The number of ether oxygens (including phenoxy) is 1. The molecule has 2 fully saturated rings. The van der Waals surface area contributed by atoms with Gasteiger partial charge in [-0.3, -0.25) is 9.69 Å². The highest BCUT2D eigenvalue weighted by molar-refractivity contribution is 7.92. The van der Waals surface area contributed by atoms with E-state index in [2.05, 4.69) is 35.3 Å². The van der Waals surface area contributed by atoms with E-state index in [0.717, 1.165) is 68.0 Å². The summed E-state index contributed by atoms with van der Waals surface area (Å²) in [4.78, 5) is 20.9. The van der Waals surface area contributed by atoms with Gasteiger partial charge in [0.25, 0.3) is 9.84 Å². The predicted molar refractivity (Wildman–Crippen MR) is 152 cm³/mol. The van der Waals surface area contributed by atoms with E-state index in [9.17, 15) is 26.4 Å². The maximum Gasteiger partial charge on any atom is 0.501 e. The number of anilines is 1. The summed E-state index contributed by atoms with van der Waals surface area (Å²) in [5, 5.41) is 4.34. The third-order valence-corrected chi connectivity index (χ3v) is 10.2. The summed E-state index contributed by atoms with van der Waals surface area (Å²) in [7, 11) is -5.36. The van der Waals surface area contributed by atoms with Crippen molar-refractivity contribution in [3.8, 4) is 0 Å². The van der Waals surface area contributed by atoms with Crippen LogP contribution in [0.1, 0.15) is 36.3 Å². The van der Waals surface area contributed by atoms with Crippen LogP contribution in [0.15, 0.2) is 47.4 Å². The van der Waals surface area contributed by atoms with Gasteiger partial charge in [-0.1, -0.05) is 6.07 Å². The van der Waals surface area contributed by atoms with Crippen LogP contribution < -0.4 is 5.32 Å². The average molecular weight is 611 g/mol. The van der Waals surface area contributed by atoms with E-state index >= 15 is 0 Å². The van der Waals surface area contributed by atoms with E-state index in [-0.39, 0.29) is 24.7 Å². The molecule has 1 aliphatic carbocycles. The zero-order valence-electron chi connectivity index (χ0n) is 22.7. The molecule has 2 heterocycles. The van der Waals surface area contributed by atoms with Gasteiger partial charge < -0.3 is 15.0 Å². The van der Waals surface area contributed by atoms with E-state index < -0.39 is 20.2 Å². The topological polar surface area (TPSA) is 91.8 Å². The van der Waals surface area contributed by atoms with E-state index in [1.807, 2.05) is 4.90 Å². The van der Waals surface area contributed by atoms with Gasteiger partial charge in [0.2, 0.25) is 5.91 Å². The molecule has 2 aromatic carbocycles. The SMILES string of the molecule is Cc1ccc2sc(CN3CCN(C(=O)CO[C@H]4CC[C@H](Nc5ccc(S(=O)(=O)C(F)(F)F)cc5)CC4)CC3)nc2c1. The second kappa shape index (κ2) is 12.2. The third-order valence-electron chi connectivity index (χ3n) is 7.63. The first kappa shape index (κ1) is 29.7. The Morgan fingerprint density at radius 2 is 1.73 bits per heavy atom. The van der Waals surface area contributed by atoms with Crippen LogP contribution in [0, 0.1) is 6.92 Å². The second-order valence-corrected chi connectivity index (χ2v) is 13.7. The Kier molecular flexibility index (Phi) is 8.88. The largest absolute Gasteiger partial charge is 0.501 e. The van der Waals surface area contributed by atoms with Crippen LogP contribution in [0.4, 0.5) is 18.9 Å². The summed E-state index contributed by atoms with van der Waals surface area (Å²) in [6.45, 7) is 5.80. The van der Waals surface area contributed by atoms with Crippen molar-refractivity contribution in [2.75, 3.05) is 38.1 Å². The van der Waals surface area contributed by atoms with Crippen molar-refractivity contribution in [1.82, 2.24) is 14.8 Å². The number of carbonyl (C=O) groups is 1. The van der Waals surface area contributed by atoms with Gasteiger partial charge in [0.1, 0.15) is 11.6 Å². The zero-order chi connectivity index (χ0) is 29.2. The standard InChI is InChI=1S/C28H33F3N4O4S2/c1-19-2-11-25-24(16-19)33-26(40-25)17-34-12-14-35(15-13-34)27(36)18-39-22-7-3-20(4-8-22)32-21-5-9-23(10-6-21)41(37,38)28(29,30)31/h2,5-6,9-11,16,20,22,32H,3-4,7-8,12-15,17-18H2,1H3/t20-,22-. The Labute approximate surface area is 241 Å². The van der Waals surface area contributed by atoms with E-state index in [4.69, 9.17) is 9.72 Å². The smallest absolute Gasteiger partial charge is 0.382 e. The number of fused-ring (bicyclic) bond motifs is 1. The molecular formula is C28H33F3N4O4S2. The summed E-state index contributed by atoms with van der Waals surface area (Å²) in [5.41, 5.74) is -2.53. The fourth-order valence-electron chi connectivity index (χ4n) is 5.25. The van der Waals surface area contributed by atoms with Crippen molar-refractivity contribution in [1.29, 1.82) is 0 Å². The van der Waals surface area contributed by atoms with Crippen molar-refractivity contribution in [2.45, 2.75) is 61.7 Å². The van der Waals surface area contributed by atoms with Crippen molar-refractivity contribution in [3.63, 3.8) is 0 Å². The lowest BCUT2D eigenvalue weighted by molar-refractivity contribution is -0.140. The number of amides is 1. The van der Waals surface area contributed by atoms with Crippen LogP contribution >= 0.6 is 11.3 Å². The lowest BCUT2D eigenvalue weighted by Crippen LogP contribution is -2.49. The van der Waals surface area contributed by atoms with Crippen LogP contribution in [0.25, 0.3) is 10.2 Å². The molecule has 0 unspecified atom stereocenters. The lowest BCUT2D eigenvalue weighted by atomic mass is 9.93. The van der Waals surface area contributed by atoms with E-state index in [1.54, 1.807) is 11.3 Å². The fourth-order valence-corrected chi connectivity index (χ4v) is 7.01. The number of carbonyl (C=O) groups excluding carboxylic acids is 1. The van der Waals surface area contributed by atoms with Crippen molar-refractivity contribution < 1.29 is 31.1 Å². The first-order chi connectivity index (χ1) is 19.5. The van der Waals surface area contributed by atoms with Crippen molar-refractivity contribution in [2.24, 2.45) is 0 Å². The molecule has 0 bridgehead atoms. The summed E-state index contributed by atoms with van der Waals surface area (Å²) in [6.07, 6.45) is 3.01. The number of aryl methyl sites for hydroxylation is 1. The normalized spacial score (nSPS) is 20.8. The number of piperazine rings is 1. The zero-order valence-corrected chi connectivity index (χ0v) is 24.3. The maximum absolute atomic E-state index is 12.8. The number of sulfone groups is 1. The van der Waals surface area contributed by atoms with Gasteiger partial charge in [-0.05, 0) is 74.6 Å². The Hall–Kier alpha value is -2.74. The molecule has 8 nitrogen and oxygen atoms in total. The molecule has 1 amide bonds. The number of alkyl halides is 3. The fraction of sp³-hybridized carbons (Fsp3) is 0.500. The monoisotopic (exact) mass is 610 g/mol. The van der Waals surface area contributed by atoms with Crippen LogP contribution in [0.3, 0.4) is 0 Å². The minimum Gasteiger partial charge on any atom is -0.382 e. The van der Waals surface area contributed by atoms with E-state index in [0.29, 0.717) is 18.8 Å². The summed E-state index contributed by atoms with van der Waals surface area (Å²) in [5.74, 6) is -0.00532. The average Bonchev–Trinajstić information content (AvgIpc) is 3.34. The molecule has 1 saturated heterocycles. The Morgan fingerprint density at radius 1 is 1.05 bits per heavy atom. The number of hydrogen-bond acceptors (Lipinski definition) is 8. The third kappa shape index (κ3) is 7.19. The Bertz CT molecular complexity index is 1460. The van der Waals surface area contributed by atoms with Crippen LogP contribution in [0.2, 0.25) is 0 Å². The number of nitrogens with zero attached hydrogens (tertiary/aromatic N) is 3. The highest BCUT2D eigenvalue weighted by Gasteiger charge is 2.46. The molecule has 1 saturated carbocycles. The minimum atomic E-state index is -5.36. The van der Waals surface area contributed by atoms with E-state index in [1.165, 1.54) is 22.4 Å². The van der Waals surface area contributed by atoms with Crippen LogP contribution in [0.5, 0.6) is 0 Å². The summed E-state index contributed by atoms with van der Waals surface area (Å²) in [6, 6.07) is 11.0. The molecule has 41 heavy (non-hydrogen) atoms. The van der Waals surface area contributed by atoms with Crippen molar-refractivity contribution in [3.05, 3.63) is 53.0 Å². The first-order valence-electron chi connectivity index (χ1n) is 13.6. The molecule has 5 rings (SSSR count). The quantitative estimate of drug-likeness (QED) is 0.385. The minimum absolute atomic E-state index is 0.00532. The van der Waals surface area contributed by atoms with Gasteiger partial charge in [0.05, 0.1) is 27.8 Å². The van der Waals surface area contributed by atoms with Gasteiger partial charge in [0.15, 0.2) is 0 Å². The molecule has 3 aromatic rings. The molecule has 0 atom stereocenters. The Morgan fingerprint density at radius 3 is 2.39 bits per heavy atom. The highest BCUT2D eigenvalue weighted by Crippen LogP contribution is 2.31. The number of benzene rings is 2. The predicted octanol–water partition coefficient (Wildman–Crippen LogP) is 4.98. The Balaban J connectivity index is 1.00. The van der Waals surface area contributed by atoms with Gasteiger partial charge in [-0.15, -0.1) is 11.3 Å². The number of hydrogen-bond donors (Lipinski definition) is 1. The number of halogens is 3. The van der Waals surface area contributed by atoms with Gasteiger partial charge in [-0.25, -0.2) is 13.4 Å². The summed E-state index contributed by atoms with van der Waals surface area (Å²) < 4.78 is 68.4. The van der Waals surface area contributed by atoms with Gasteiger partial charge in [-0.2, -0.15) is 13.2 Å². The number of rotatable bonds is 8.